The van der Waals surface area contributed by atoms with Gasteiger partial charge in [0.15, 0.2) is 5.82 Å². The molecule has 0 saturated carbocycles. The number of thiophene rings is 1. The van der Waals surface area contributed by atoms with Crippen LogP contribution < -0.4 is 15.5 Å². The maximum Gasteiger partial charge on any atom is 0.224 e. The predicted octanol–water partition coefficient (Wildman–Crippen LogP) is 6.32. The second kappa shape index (κ2) is 9.28. The Hall–Kier alpha value is -4.63. The van der Waals surface area contributed by atoms with Crippen molar-refractivity contribution in [3.63, 3.8) is 0 Å². The van der Waals surface area contributed by atoms with Crippen LogP contribution in [0.15, 0.2) is 65.1 Å². The Morgan fingerprint density at radius 1 is 1.00 bits per heavy atom. The van der Waals surface area contributed by atoms with Crippen LogP contribution in [0.25, 0.3) is 33.0 Å². The molecule has 0 saturated heterocycles. The first-order valence-corrected chi connectivity index (χ1v) is 13.7. The van der Waals surface area contributed by atoms with Crippen molar-refractivity contribution in [2.24, 2.45) is 4.99 Å². The molecule has 5 aromatic rings. The molecule has 2 aromatic carbocycles. The van der Waals surface area contributed by atoms with E-state index in [0.29, 0.717) is 5.95 Å². The number of benzene rings is 2. The fraction of sp³-hybridized carbons (Fsp3) is 0.167. The molecule has 9 heteroatoms. The number of hydrogen-bond acceptors (Lipinski definition) is 9. The molecule has 0 bridgehead atoms. The molecule has 0 fully saturated rings. The molecular weight excluding hydrogens is 504 g/mol. The van der Waals surface area contributed by atoms with Crippen LogP contribution >= 0.6 is 11.3 Å². The summed E-state index contributed by atoms with van der Waals surface area (Å²) in [5.41, 5.74) is 7.46. The third-order valence-corrected chi connectivity index (χ3v) is 8.14. The molecule has 2 N–H and O–H groups in total. The van der Waals surface area contributed by atoms with Crippen LogP contribution in [-0.2, 0) is 0 Å². The van der Waals surface area contributed by atoms with E-state index < -0.39 is 0 Å². The van der Waals surface area contributed by atoms with Gasteiger partial charge < -0.3 is 15.5 Å². The maximum absolute atomic E-state index is 4.83. The second-order valence-electron chi connectivity index (χ2n) is 9.72. The molecule has 0 amide bonds. The van der Waals surface area contributed by atoms with Gasteiger partial charge >= 0.3 is 0 Å². The lowest BCUT2D eigenvalue weighted by atomic mass is 9.94. The van der Waals surface area contributed by atoms with Gasteiger partial charge in [0.25, 0.3) is 0 Å². The molecule has 39 heavy (non-hydrogen) atoms. The molecule has 0 radical (unpaired) electrons. The van der Waals surface area contributed by atoms with Crippen LogP contribution in [0, 0.1) is 13.8 Å². The first-order chi connectivity index (χ1) is 19.1. The van der Waals surface area contributed by atoms with E-state index in [4.69, 9.17) is 9.98 Å². The van der Waals surface area contributed by atoms with Gasteiger partial charge in [0.1, 0.15) is 17.3 Å². The fourth-order valence-corrected chi connectivity index (χ4v) is 6.13. The molecule has 5 heterocycles. The molecule has 0 aliphatic carbocycles. The highest BCUT2D eigenvalue weighted by Crippen LogP contribution is 2.38. The second-order valence-corrected chi connectivity index (χ2v) is 10.6. The smallest absolute Gasteiger partial charge is 0.224 e. The topological polar surface area (TPSA) is 91.2 Å². The van der Waals surface area contributed by atoms with E-state index in [2.05, 4.69) is 92.4 Å². The molecule has 7 rings (SSSR count). The summed E-state index contributed by atoms with van der Waals surface area (Å²) in [6, 6.07) is 16.8. The monoisotopic (exact) mass is 530 g/mol. The number of aliphatic imine (C=N–C) groups is 1. The highest BCUT2D eigenvalue weighted by Gasteiger charge is 2.31. The van der Waals surface area contributed by atoms with Gasteiger partial charge in [0, 0.05) is 47.4 Å². The minimum absolute atomic E-state index is 0.609. The Morgan fingerprint density at radius 3 is 2.67 bits per heavy atom. The van der Waals surface area contributed by atoms with Crippen LogP contribution in [0.4, 0.5) is 23.3 Å². The zero-order valence-electron chi connectivity index (χ0n) is 21.9. The average molecular weight is 531 g/mol. The van der Waals surface area contributed by atoms with Gasteiger partial charge in [-0.3, -0.25) is 4.99 Å². The molecule has 3 aromatic heterocycles. The molecular formula is C30H26N8S. The zero-order chi connectivity index (χ0) is 26.5. The average Bonchev–Trinajstić information content (AvgIpc) is 3.62. The normalized spacial score (nSPS) is 14.1. The Morgan fingerprint density at radius 2 is 1.87 bits per heavy atom. The van der Waals surface area contributed by atoms with Gasteiger partial charge in [-0.1, -0.05) is 30.3 Å². The standard InChI is InChI=1S/C30H26N8S/c1-17-12-25(39-16-17)26-22-6-4-5-7-23(22)27(37-36-26)34-20-8-9-21(18(2)13-20)24-14-19-15-33-30(31-3)35-28(19)38-11-10-32-29(24)38/h4-9,12-16H,10-11H2,1-3H3,(H,34,37)(H,31,33,35). The lowest BCUT2D eigenvalue weighted by molar-refractivity contribution is 0.985. The maximum atomic E-state index is 4.83. The Balaban J connectivity index is 1.24. The van der Waals surface area contributed by atoms with E-state index in [1.807, 2.05) is 25.4 Å². The van der Waals surface area contributed by atoms with Crippen molar-refractivity contribution in [2.75, 3.05) is 35.7 Å². The van der Waals surface area contributed by atoms with Gasteiger partial charge in [0.2, 0.25) is 5.95 Å². The first kappa shape index (κ1) is 23.5. The molecule has 2 aliphatic heterocycles. The van der Waals surface area contributed by atoms with Crippen molar-refractivity contribution >= 4 is 62.9 Å². The summed E-state index contributed by atoms with van der Waals surface area (Å²) in [6.45, 7) is 5.79. The van der Waals surface area contributed by atoms with E-state index in [0.717, 1.165) is 79.9 Å². The SMILES string of the molecule is CNc1ncc2c(n1)N1CCN=C1C(c1ccc(Nc3nnc(-c4cc(C)cs4)c4ccccc34)cc1C)=C2. The summed E-state index contributed by atoms with van der Waals surface area (Å²) in [6.07, 6.45) is 4.02. The van der Waals surface area contributed by atoms with Crippen molar-refractivity contribution in [3.8, 4) is 10.6 Å². The van der Waals surface area contributed by atoms with Gasteiger partial charge in [-0.2, -0.15) is 4.98 Å². The Kier molecular flexibility index (Phi) is 5.59. The Labute approximate surface area is 230 Å². The third-order valence-electron chi connectivity index (χ3n) is 7.09. The van der Waals surface area contributed by atoms with Crippen molar-refractivity contribution in [1.29, 1.82) is 0 Å². The predicted molar refractivity (Wildman–Crippen MR) is 161 cm³/mol. The Bertz CT molecular complexity index is 1820. The number of nitrogens with one attached hydrogen (secondary N) is 2. The van der Waals surface area contributed by atoms with Crippen LogP contribution in [0.3, 0.4) is 0 Å². The van der Waals surface area contributed by atoms with E-state index >= 15 is 0 Å². The summed E-state index contributed by atoms with van der Waals surface area (Å²) in [7, 11) is 1.83. The van der Waals surface area contributed by atoms with E-state index in [9.17, 15) is 0 Å². The van der Waals surface area contributed by atoms with Crippen LogP contribution in [0.2, 0.25) is 0 Å². The van der Waals surface area contributed by atoms with E-state index in [-0.39, 0.29) is 0 Å². The number of fused-ring (bicyclic) bond motifs is 4. The fourth-order valence-electron chi connectivity index (χ4n) is 5.24. The lowest BCUT2D eigenvalue weighted by Gasteiger charge is -2.28. The molecule has 0 spiro atoms. The van der Waals surface area contributed by atoms with E-state index in [1.165, 1.54) is 5.56 Å². The minimum atomic E-state index is 0.609. The number of anilines is 4. The number of aromatic nitrogens is 4. The van der Waals surface area contributed by atoms with Crippen molar-refractivity contribution in [1.82, 2.24) is 20.2 Å². The molecule has 8 nitrogen and oxygen atoms in total. The molecule has 192 valence electrons. The summed E-state index contributed by atoms with van der Waals surface area (Å²) >= 11 is 1.70. The number of amidine groups is 1. The van der Waals surface area contributed by atoms with Gasteiger partial charge in [-0.15, -0.1) is 21.5 Å². The van der Waals surface area contributed by atoms with Crippen molar-refractivity contribution in [3.05, 3.63) is 82.4 Å². The van der Waals surface area contributed by atoms with Gasteiger partial charge in [0.05, 0.1) is 11.4 Å². The number of rotatable bonds is 5. The number of nitrogens with zero attached hydrogens (tertiary/aromatic N) is 6. The molecule has 0 unspecified atom stereocenters. The molecule has 2 aliphatic rings. The van der Waals surface area contributed by atoms with Crippen LogP contribution in [0.5, 0.6) is 0 Å². The zero-order valence-corrected chi connectivity index (χ0v) is 22.7. The van der Waals surface area contributed by atoms with E-state index in [1.54, 1.807) is 11.3 Å². The van der Waals surface area contributed by atoms with Crippen molar-refractivity contribution in [2.45, 2.75) is 13.8 Å². The summed E-state index contributed by atoms with van der Waals surface area (Å²) in [5, 5.41) is 20.0. The largest absolute Gasteiger partial charge is 0.357 e. The summed E-state index contributed by atoms with van der Waals surface area (Å²) in [5.74, 6) is 3.21. The van der Waals surface area contributed by atoms with Crippen molar-refractivity contribution < 1.29 is 0 Å². The quantitative estimate of drug-likeness (QED) is 0.275. The number of aryl methyl sites for hydroxylation is 2. The van der Waals surface area contributed by atoms with Crippen LogP contribution in [0.1, 0.15) is 22.3 Å². The molecule has 0 atom stereocenters. The summed E-state index contributed by atoms with van der Waals surface area (Å²) < 4.78 is 0. The van der Waals surface area contributed by atoms with Gasteiger partial charge in [-0.25, -0.2) is 4.98 Å². The van der Waals surface area contributed by atoms with Crippen LogP contribution in [-0.4, -0.2) is 46.1 Å². The highest BCUT2D eigenvalue weighted by atomic mass is 32.1. The third kappa shape index (κ3) is 4.02. The summed E-state index contributed by atoms with van der Waals surface area (Å²) in [4.78, 5) is 17.3. The first-order valence-electron chi connectivity index (χ1n) is 12.9. The number of hydrogen-bond donors (Lipinski definition) is 2. The van der Waals surface area contributed by atoms with Gasteiger partial charge in [-0.05, 0) is 60.2 Å². The highest BCUT2D eigenvalue weighted by molar-refractivity contribution is 7.13. The lowest BCUT2D eigenvalue weighted by Crippen LogP contribution is -2.32. The minimum Gasteiger partial charge on any atom is -0.357 e.